The second-order valence-corrected chi connectivity index (χ2v) is 4.87. The van der Waals surface area contributed by atoms with Crippen molar-refractivity contribution in [2.24, 2.45) is 0 Å². The molecule has 1 saturated heterocycles. The highest BCUT2D eigenvalue weighted by Gasteiger charge is 2.21. The molecule has 1 aliphatic heterocycles. The molecule has 1 aliphatic rings. The van der Waals surface area contributed by atoms with Gasteiger partial charge >= 0.3 is 6.09 Å². The van der Waals surface area contributed by atoms with Crippen LogP contribution in [-0.4, -0.2) is 59.7 Å². The van der Waals surface area contributed by atoms with Crippen molar-refractivity contribution < 1.29 is 14.7 Å². The Morgan fingerprint density at radius 1 is 1.32 bits per heavy atom. The van der Waals surface area contributed by atoms with Crippen LogP contribution in [0.15, 0.2) is 18.3 Å². The molecule has 1 aromatic heterocycles. The van der Waals surface area contributed by atoms with Crippen LogP contribution in [0.5, 0.6) is 0 Å². The minimum Gasteiger partial charge on any atom is -0.465 e. The normalized spacial score (nSPS) is 14.3. The number of rotatable bonds is 4. The summed E-state index contributed by atoms with van der Waals surface area (Å²) in [7, 11) is 0. The molecule has 0 spiro atoms. The summed E-state index contributed by atoms with van der Waals surface area (Å²) in [6, 6.07) is 5.54. The third-order valence-corrected chi connectivity index (χ3v) is 3.45. The molecule has 8 nitrogen and oxygen atoms in total. The molecule has 0 aliphatic carbocycles. The smallest absolute Gasteiger partial charge is 0.404 e. The Morgan fingerprint density at radius 2 is 2.05 bits per heavy atom. The number of nitriles is 1. The molecule has 1 aromatic rings. The summed E-state index contributed by atoms with van der Waals surface area (Å²) < 4.78 is 0. The van der Waals surface area contributed by atoms with Gasteiger partial charge in [-0.3, -0.25) is 4.79 Å². The highest BCUT2D eigenvalue weighted by Crippen LogP contribution is 2.14. The van der Waals surface area contributed by atoms with E-state index in [1.54, 1.807) is 17.0 Å². The average molecular weight is 303 g/mol. The minimum atomic E-state index is -1.12. The van der Waals surface area contributed by atoms with Gasteiger partial charge in [0, 0.05) is 45.3 Å². The number of nitrogens with one attached hydrogen (secondary N) is 1. The molecule has 2 N–H and O–H groups in total. The zero-order valence-corrected chi connectivity index (χ0v) is 12.0. The fourth-order valence-electron chi connectivity index (χ4n) is 2.26. The molecule has 2 heterocycles. The lowest BCUT2D eigenvalue weighted by atomic mass is 10.2. The number of hydrogen-bond acceptors (Lipinski definition) is 5. The van der Waals surface area contributed by atoms with E-state index in [4.69, 9.17) is 10.4 Å². The summed E-state index contributed by atoms with van der Waals surface area (Å²) in [5.41, 5.74) is 0.517. The van der Waals surface area contributed by atoms with E-state index in [9.17, 15) is 9.59 Å². The third-order valence-electron chi connectivity index (χ3n) is 3.45. The number of carboxylic acid groups (broad SMARTS) is 1. The van der Waals surface area contributed by atoms with Crippen LogP contribution >= 0.6 is 0 Å². The van der Waals surface area contributed by atoms with Gasteiger partial charge in [-0.15, -0.1) is 0 Å². The van der Waals surface area contributed by atoms with E-state index in [-0.39, 0.29) is 18.9 Å². The maximum absolute atomic E-state index is 11.9. The van der Waals surface area contributed by atoms with Gasteiger partial charge in [-0.1, -0.05) is 0 Å². The zero-order chi connectivity index (χ0) is 15.9. The lowest BCUT2D eigenvalue weighted by molar-refractivity contribution is -0.131. The molecule has 1 fully saturated rings. The number of nitrogens with zero attached hydrogens (tertiary/aromatic N) is 4. The predicted octanol–water partition coefficient (Wildman–Crippen LogP) is 0.260. The standard InChI is InChI=1S/C14H17N5O3/c15-9-11-1-2-12(17-10-11)18-5-7-19(8-6-18)13(20)3-4-16-14(21)22/h1-2,10,16H,3-8H2,(H,21,22). The largest absolute Gasteiger partial charge is 0.465 e. The van der Waals surface area contributed by atoms with Gasteiger partial charge in [0.1, 0.15) is 11.9 Å². The Kier molecular flexibility index (Phi) is 5.14. The molecule has 116 valence electrons. The summed E-state index contributed by atoms with van der Waals surface area (Å²) >= 11 is 0. The molecule has 0 atom stereocenters. The molecule has 0 saturated carbocycles. The molecule has 0 aromatic carbocycles. The lowest BCUT2D eigenvalue weighted by Gasteiger charge is -2.35. The van der Waals surface area contributed by atoms with E-state index in [1.807, 2.05) is 6.07 Å². The quantitative estimate of drug-likeness (QED) is 0.825. The van der Waals surface area contributed by atoms with Crippen LogP contribution in [0.4, 0.5) is 10.6 Å². The van der Waals surface area contributed by atoms with Crippen LogP contribution in [0.25, 0.3) is 0 Å². The number of hydrogen-bond donors (Lipinski definition) is 2. The Balaban J connectivity index is 1.80. The summed E-state index contributed by atoms with van der Waals surface area (Å²) in [4.78, 5) is 30.3. The maximum Gasteiger partial charge on any atom is 0.404 e. The first-order valence-electron chi connectivity index (χ1n) is 6.96. The number of carbonyl (C=O) groups is 2. The molecule has 0 radical (unpaired) electrons. The predicted molar refractivity (Wildman–Crippen MR) is 78.4 cm³/mol. The van der Waals surface area contributed by atoms with E-state index in [2.05, 4.69) is 15.2 Å². The van der Waals surface area contributed by atoms with E-state index < -0.39 is 6.09 Å². The van der Waals surface area contributed by atoms with Crippen molar-refractivity contribution in [2.75, 3.05) is 37.6 Å². The molecule has 22 heavy (non-hydrogen) atoms. The molecule has 2 rings (SSSR count). The molecule has 8 heteroatoms. The van der Waals surface area contributed by atoms with Gasteiger partial charge in [0.15, 0.2) is 0 Å². The number of amides is 2. The van der Waals surface area contributed by atoms with Crippen LogP contribution in [0.3, 0.4) is 0 Å². The molecule has 2 amide bonds. The van der Waals surface area contributed by atoms with Crippen molar-refractivity contribution in [3.8, 4) is 6.07 Å². The van der Waals surface area contributed by atoms with Crippen molar-refractivity contribution in [2.45, 2.75) is 6.42 Å². The third kappa shape index (κ3) is 4.09. The molecule has 0 unspecified atom stereocenters. The van der Waals surface area contributed by atoms with E-state index >= 15 is 0 Å². The Morgan fingerprint density at radius 3 is 2.59 bits per heavy atom. The summed E-state index contributed by atoms with van der Waals surface area (Å²) in [6.45, 7) is 2.61. The first-order valence-corrected chi connectivity index (χ1v) is 6.96. The van der Waals surface area contributed by atoms with E-state index in [0.717, 1.165) is 5.82 Å². The lowest BCUT2D eigenvalue weighted by Crippen LogP contribution is -2.49. The molecular formula is C14H17N5O3. The van der Waals surface area contributed by atoms with Crippen LogP contribution in [0, 0.1) is 11.3 Å². The highest BCUT2D eigenvalue weighted by molar-refractivity contribution is 5.77. The van der Waals surface area contributed by atoms with Crippen LogP contribution in [0.1, 0.15) is 12.0 Å². The van der Waals surface area contributed by atoms with Gasteiger partial charge in [-0.2, -0.15) is 5.26 Å². The van der Waals surface area contributed by atoms with Crippen molar-refractivity contribution in [3.63, 3.8) is 0 Å². The van der Waals surface area contributed by atoms with Crippen LogP contribution in [0.2, 0.25) is 0 Å². The number of pyridine rings is 1. The van der Waals surface area contributed by atoms with Gasteiger partial charge in [0.25, 0.3) is 0 Å². The monoisotopic (exact) mass is 303 g/mol. The Hall–Kier alpha value is -2.82. The van der Waals surface area contributed by atoms with Gasteiger partial charge in [0.2, 0.25) is 5.91 Å². The molecular weight excluding hydrogens is 286 g/mol. The second-order valence-electron chi connectivity index (χ2n) is 4.87. The Labute approximate surface area is 128 Å². The van der Waals surface area contributed by atoms with E-state index in [1.165, 1.54) is 6.20 Å². The highest BCUT2D eigenvalue weighted by atomic mass is 16.4. The number of anilines is 1. The second kappa shape index (κ2) is 7.26. The summed E-state index contributed by atoms with van der Waals surface area (Å²) in [5, 5.41) is 19.4. The first-order chi connectivity index (χ1) is 10.6. The number of aromatic nitrogens is 1. The van der Waals surface area contributed by atoms with Crippen LogP contribution in [-0.2, 0) is 4.79 Å². The minimum absolute atomic E-state index is 0.0545. The fraction of sp³-hybridized carbons (Fsp3) is 0.429. The zero-order valence-electron chi connectivity index (χ0n) is 12.0. The van der Waals surface area contributed by atoms with Crippen LogP contribution < -0.4 is 10.2 Å². The van der Waals surface area contributed by atoms with Gasteiger partial charge in [-0.05, 0) is 12.1 Å². The Bertz CT molecular complexity index is 573. The van der Waals surface area contributed by atoms with Crippen molar-refractivity contribution in [1.82, 2.24) is 15.2 Å². The first kappa shape index (κ1) is 15.6. The topological polar surface area (TPSA) is 110 Å². The van der Waals surface area contributed by atoms with Gasteiger partial charge in [0.05, 0.1) is 5.56 Å². The maximum atomic E-state index is 11.9. The molecule has 0 bridgehead atoms. The fourth-order valence-corrected chi connectivity index (χ4v) is 2.26. The average Bonchev–Trinajstić information content (AvgIpc) is 2.54. The number of carbonyl (C=O) groups excluding carboxylic acids is 1. The van der Waals surface area contributed by atoms with Gasteiger partial charge in [-0.25, -0.2) is 9.78 Å². The van der Waals surface area contributed by atoms with Crippen molar-refractivity contribution >= 4 is 17.8 Å². The van der Waals surface area contributed by atoms with E-state index in [0.29, 0.717) is 31.7 Å². The van der Waals surface area contributed by atoms with Crippen molar-refractivity contribution in [1.29, 1.82) is 5.26 Å². The number of piperazine rings is 1. The SMILES string of the molecule is N#Cc1ccc(N2CCN(C(=O)CCNC(=O)O)CC2)nc1. The van der Waals surface area contributed by atoms with Gasteiger partial charge < -0.3 is 20.2 Å². The summed E-state index contributed by atoms with van der Waals surface area (Å²) in [5.74, 6) is 0.736. The van der Waals surface area contributed by atoms with Crippen molar-refractivity contribution in [3.05, 3.63) is 23.9 Å². The summed E-state index contributed by atoms with van der Waals surface area (Å²) in [6.07, 6.45) is 0.579.